The summed E-state index contributed by atoms with van der Waals surface area (Å²) in [6.45, 7) is 14.2. The van der Waals surface area contributed by atoms with Crippen molar-refractivity contribution in [3.8, 4) is 5.75 Å². The molecule has 24 heavy (non-hydrogen) atoms. The van der Waals surface area contributed by atoms with Gasteiger partial charge in [-0.3, -0.25) is 0 Å². The fourth-order valence-corrected chi connectivity index (χ4v) is 5.21. The predicted molar refractivity (Wildman–Crippen MR) is 95.4 cm³/mol. The van der Waals surface area contributed by atoms with E-state index in [2.05, 4.69) is 13.8 Å². The molecule has 6 heteroatoms. The van der Waals surface area contributed by atoms with Gasteiger partial charge in [-0.25, -0.2) is 0 Å². The van der Waals surface area contributed by atoms with Gasteiger partial charge in [0, 0.05) is 43.4 Å². The minimum absolute atomic E-state index is 0.258. The molecule has 0 radical (unpaired) electrons. The molecule has 0 saturated heterocycles. The van der Waals surface area contributed by atoms with Crippen LogP contribution in [0.4, 0.5) is 0 Å². The molecular weight excluding hydrogens is 324 g/mol. The van der Waals surface area contributed by atoms with Crippen LogP contribution in [0.1, 0.15) is 47.1 Å². The quantitative estimate of drug-likeness (QED) is 0.671. The summed E-state index contributed by atoms with van der Waals surface area (Å²) >= 11 is 0. The van der Waals surface area contributed by atoms with Gasteiger partial charge in [-0.15, -0.1) is 0 Å². The molecule has 1 aromatic rings. The van der Waals surface area contributed by atoms with Gasteiger partial charge in [0.25, 0.3) is 0 Å². The summed E-state index contributed by atoms with van der Waals surface area (Å²) in [5.41, 5.74) is 1.00. The lowest BCUT2D eigenvalue weighted by atomic mass is 10.0. The molecule has 0 amide bonds. The van der Waals surface area contributed by atoms with E-state index in [1.54, 1.807) is 0 Å². The lowest BCUT2D eigenvalue weighted by Crippen LogP contribution is -2.57. The van der Waals surface area contributed by atoms with Crippen molar-refractivity contribution in [3.05, 3.63) is 23.8 Å². The molecule has 2 rings (SSSR count). The van der Waals surface area contributed by atoms with Gasteiger partial charge in [0.05, 0.1) is 6.61 Å². The van der Waals surface area contributed by atoms with E-state index in [4.69, 9.17) is 22.8 Å². The highest BCUT2D eigenvalue weighted by atomic mass is 28.4. The molecule has 136 valence electrons. The Balaban J connectivity index is 2.36. The molecule has 0 bridgehead atoms. The first-order chi connectivity index (χ1) is 11.4. The van der Waals surface area contributed by atoms with Crippen LogP contribution >= 0.6 is 0 Å². The Bertz CT molecular complexity index is 531. The number of benzene rings is 1. The van der Waals surface area contributed by atoms with Crippen LogP contribution in [0.3, 0.4) is 0 Å². The number of hydrogen-bond donors (Lipinski definition) is 0. The van der Waals surface area contributed by atoms with Crippen molar-refractivity contribution in [2.75, 3.05) is 19.8 Å². The maximum absolute atomic E-state index is 6.10. The normalized spacial score (nSPS) is 20.8. The standard InChI is InChI=1S/C18H30O5Si/c1-7-20-24(21-8-2,22-9-3)16-10-11-17-15(12-16)13-19-18(6,23-17)14(4)5/h10-12,14H,7-9,13H2,1-6H3. The van der Waals surface area contributed by atoms with Gasteiger partial charge in [0.2, 0.25) is 5.79 Å². The molecule has 1 aliphatic heterocycles. The summed E-state index contributed by atoms with van der Waals surface area (Å²) in [6, 6.07) is 6.02. The molecule has 1 atom stereocenters. The minimum atomic E-state index is -2.90. The third-order valence-electron chi connectivity index (χ3n) is 4.29. The summed E-state index contributed by atoms with van der Waals surface area (Å²) in [7, 11) is -2.90. The molecule has 5 nitrogen and oxygen atoms in total. The highest BCUT2D eigenvalue weighted by Gasteiger charge is 2.44. The van der Waals surface area contributed by atoms with E-state index in [9.17, 15) is 0 Å². The van der Waals surface area contributed by atoms with Gasteiger partial charge in [-0.1, -0.05) is 19.9 Å². The molecule has 0 fully saturated rings. The van der Waals surface area contributed by atoms with Crippen molar-refractivity contribution in [2.45, 2.75) is 53.9 Å². The van der Waals surface area contributed by atoms with Crippen LogP contribution in [0.15, 0.2) is 18.2 Å². The zero-order valence-electron chi connectivity index (χ0n) is 15.7. The van der Waals surface area contributed by atoms with E-state index in [-0.39, 0.29) is 5.92 Å². The first-order valence-corrected chi connectivity index (χ1v) is 10.5. The van der Waals surface area contributed by atoms with E-state index in [0.717, 1.165) is 16.5 Å². The molecule has 0 aliphatic carbocycles. The van der Waals surface area contributed by atoms with Crippen LogP contribution in [0, 0.1) is 5.92 Å². The molecular formula is C18H30O5Si. The smallest absolute Gasteiger partial charge is 0.462 e. The van der Waals surface area contributed by atoms with Crippen molar-refractivity contribution in [2.24, 2.45) is 5.92 Å². The zero-order chi connectivity index (χ0) is 17.8. The van der Waals surface area contributed by atoms with Crippen LogP contribution in [0.25, 0.3) is 0 Å². The lowest BCUT2D eigenvalue weighted by molar-refractivity contribution is -0.219. The number of rotatable bonds is 8. The van der Waals surface area contributed by atoms with Gasteiger partial charge >= 0.3 is 8.80 Å². The number of fused-ring (bicyclic) bond motifs is 1. The molecule has 1 unspecified atom stereocenters. The van der Waals surface area contributed by atoms with E-state index >= 15 is 0 Å². The second-order valence-electron chi connectivity index (χ2n) is 6.24. The Morgan fingerprint density at radius 3 is 2.17 bits per heavy atom. The van der Waals surface area contributed by atoms with Crippen molar-refractivity contribution in [1.29, 1.82) is 0 Å². The maximum Gasteiger partial charge on any atom is 0.537 e. The fourth-order valence-electron chi connectivity index (χ4n) is 2.68. The van der Waals surface area contributed by atoms with Crippen LogP contribution in [-0.2, 0) is 24.6 Å². The third kappa shape index (κ3) is 3.83. The summed E-state index contributed by atoms with van der Waals surface area (Å²) in [5, 5.41) is 0.951. The number of hydrogen-bond acceptors (Lipinski definition) is 5. The average Bonchev–Trinajstić information content (AvgIpc) is 2.55. The van der Waals surface area contributed by atoms with Crippen molar-refractivity contribution in [1.82, 2.24) is 0 Å². The highest BCUT2D eigenvalue weighted by Crippen LogP contribution is 2.35. The topological polar surface area (TPSA) is 46.2 Å². The molecule has 0 saturated carbocycles. The van der Waals surface area contributed by atoms with Crippen LogP contribution < -0.4 is 9.92 Å². The molecule has 1 heterocycles. The van der Waals surface area contributed by atoms with Gasteiger partial charge in [0.15, 0.2) is 0 Å². The van der Waals surface area contributed by atoms with Gasteiger partial charge < -0.3 is 22.8 Å². The van der Waals surface area contributed by atoms with Gasteiger partial charge in [-0.05, 0) is 32.9 Å². The number of ether oxygens (including phenoxy) is 2. The SMILES string of the molecule is CCO[Si](OCC)(OCC)c1ccc2c(c1)COC(C)(C(C)C)O2. The van der Waals surface area contributed by atoms with E-state index in [1.165, 1.54) is 0 Å². The van der Waals surface area contributed by atoms with Crippen molar-refractivity contribution < 1.29 is 22.8 Å². The first-order valence-electron chi connectivity index (χ1n) is 8.79. The van der Waals surface area contributed by atoms with Crippen LogP contribution in [0.5, 0.6) is 5.75 Å². The summed E-state index contributed by atoms with van der Waals surface area (Å²) in [5.74, 6) is 0.519. The zero-order valence-corrected chi connectivity index (χ0v) is 16.7. The molecule has 0 spiro atoms. The highest BCUT2D eigenvalue weighted by molar-refractivity contribution is 6.75. The van der Waals surface area contributed by atoms with Crippen LogP contribution in [-0.4, -0.2) is 34.4 Å². The van der Waals surface area contributed by atoms with Gasteiger partial charge in [0.1, 0.15) is 5.75 Å². The van der Waals surface area contributed by atoms with Crippen LogP contribution in [0.2, 0.25) is 0 Å². The van der Waals surface area contributed by atoms with E-state index in [1.807, 2.05) is 45.9 Å². The molecule has 1 aliphatic rings. The molecule has 0 aromatic heterocycles. The van der Waals surface area contributed by atoms with Gasteiger partial charge in [-0.2, -0.15) is 0 Å². The predicted octanol–water partition coefficient (Wildman–Crippen LogP) is 3.22. The summed E-state index contributed by atoms with van der Waals surface area (Å²) in [4.78, 5) is 0. The second-order valence-corrected chi connectivity index (χ2v) is 8.79. The average molecular weight is 355 g/mol. The van der Waals surface area contributed by atoms with E-state index < -0.39 is 14.6 Å². The van der Waals surface area contributed by atoms with E-state index in [0.29, 0.717) is 26.4 Å². The first kappa shape index (κ1) is 19.4. The van der Waals surface area contributed by atoms with Crippen molar-refractivity contribution >= 4 is 14.0 Å². The Labute approximate surface area is 146 Å². The Kier molecular flexibility index (Phi) is 6.44. The Hall–Kier alpha value is -0.923. The monoisotopic (exact) mass is 354 g/mol. The molecule has 1 aromatic carbocycles. The Morgan fingerprint density at radius 1 is 1.08 bits per heavy atom. The fraction of sp³-hybridized carbons (Fsp3) is 0.667. The van der Waals surface area contributed by atoms with Crippen molar-refractivity contribution in [3.63, 3.8) is 0 Å². The largest absolute Gasteiger partial charge is 0.537 e. The third-order valence-corrected chi connectivity index (χ3v) is 7.32. The maximum atomic E-state index is 6.10. The Morgan fingerprint density at radius 2 is 1.67 bits per heavy atom. The summed E-state index contributed by atoms with van der Waals surface area (Å²) in [6.07, 6.45) is 0. The minimum Gasteiger partial charge on any atom is -0.462 e. The second kappa shape index (κ2) is 7.97. The lowest BCUT2D eigenvalue weighted by Gasteiger charge is -2.39. The molecule has 0 N–H and O–H groups in total. The summed E-state index contributed by atoms with van der Waals surface area (Å²) < 4.78 is 30.0.